The molecule has 1 unspecified atom stereocenters. The van der Waals surface area contributed by atoms with E-state index in [1.165, 1.54) is 6.07 Å². The molecule has 0 bridgehead atoms. The quantitative estimate of drug-likeness (QED) is 0.859. The first-order valence-electron chi connectivity index (χ1n) is 6.42. The van der Waals surface area contributed by atoms with Crippen molar-refractivity contribution in [1.29, 1.82) is 0 Å². The summed E-state index contributed by atoms with van der Waals surface area (Å²) in [4.78, 5) is 2.10. The molecule has 1 aliphatic heterocycles. The first-order chi connectivity index (χ1) is 8.50. The fraction of sp³-hybridized carbons (Fsp3) is 0.571. The number of β-amino-alcohol motifs (C(OH)–C–C–N with tert-alkyl or cyclic N) is 1. The summed E-state index contributed by atoms with van der Waals surface area (Å²) in [5, 5.41) is 10.0. The van der Waals surface area contributed by atoms with Gasteiger partial charge in [-0.3, -0.25) is 4.90 Å². The highest BCUT2D eigenvalue weighted by Crippen LogP contribution is 2.22. The SMILES string of the molecule is CC1(O)CCCN(Cc2ccc(CN)cc2F)C1. The highest BCUT2D eigenvalue weighted by molar-refractivity contribution is 5.24. The van der Waals surface area contributed by atoms with E-state index in [4.69, 9.17) is 5.73 Å². The Bertz CT molecular complexity index is 420. The number of nitrogens with two attached hydrogens (primary N) is 1. The second-order valence-electron chi connectivity index (χ2n) is 5.44. The molecular formula is C14H21FN2O. The van der Waals surface area contributed by atoms with Gasteiger partial charge in [-0.25, -0.2) is 4.39 Å². The van der Waals surface area contributed by atoms with Crippen molar-refractivity contribution in [1.82, 2.24) is 4.90 Å². The third-order valence-electron chi connectivity index (χ3n) is 3.50. The first-order valence-corrected chi connectivity index (χ1v) is 6.42. The van der Waals surface area contributed by atoms with Crippen molar-refractivity contribution in [3.8, 4) is 0 Å². The Balaban J connectivity index is 2.05. The molecule has 0 aliphatic carbocycles. The van der Waals surface area contributed by atoms with Crippen LogP contribution < -0.4 is 5.73 Å². The number of benzene rings is 1. The average molecular weight is 252 g/mol. The Morgan fingerprint density at radius 1 is 1.50 bits per heavy atom. The maximum Gasteiger partial charge on any atom is 0.128 e. The summed E-state index contributed by atoms with van der Waals surface area (Å²) in [6.07, 6.45) is 1.77. The Labute approximate surface area is 107 Å². The summed E-state index contributed by atoms with van der Waals surface area (Å²) >= 11 is 0. The van der Waals surface area contributed by atoms with Crippen molar-refractivity contribution in [2.45, 2.75) is 38.5 Å². The van der Waals surface area contributed by atoms with Crippen LogP contribution in [0.4, 0.5) is 4.39 Å². The van der Waals surface area contributed by atoms with E-state index in [1.807, 2.05) is 13.0 Å². The van der Waals surface area contributed by atoms with E-state index >= 15 is 0 Å². The van der Waals surface area contributed by atoms with Gasteiger partial charge in [-0.15, -0.1) is 0 Å². The molecule has 3 N–H and O–H groups in total. The lowest BCUT2D eigenvalue weighted by atomic mass is 9.95. The molecule has 0 spiro atoms. The standard InChI is InChI=1S/C14H21FN2O/c1-14(18)5-2-6-17(10-14)9-12-4-3-11(8-16)7-13(12)15/h3-4,7,18H,2,5-6,8-10,16H2,1H3. The zero-order chi connectivity index (χ0) is 13.2. The minimum Gasteiger partial charge on any atom is -0.389 e. The molecule has 0 radical (unpaired) electrons. The summed E-state index contributed by atoms with van der Waals surface area (Å²) < 4.78 is 13.8. The van der Waals surface area contributed by atoms with Crippen LogP contribution in [-0.2, 0) is 13.1 Å². The molecule has 1 aromatic rings. The summed E-state index contributed by atoms with van der Waals surface area (Å²) in [5.41, 5.74) is 6.31. The van der Waals surface area contributed by atoms with Crippen LogP contribution >= 0.6 is 0 Å². The fourth-order valence-electron chi connectivity index (χ4n) is 2.55. The number of aliphatic hydroxyl groups is 1. The van der Waals surface area contributed by atoms with Crippen LogP contribution in [0.15, 0.2) is 18.2 Å². The molecule has 2 rings (SSSR count). The van der Waals surface area contributed by atoms with Gasteiger partial charge in [0.15, 0.2) is 0 Å². The Morgan fingerprint density at radius 2 is 2.28 bits per heavy atom. The van der Waals surface area contributed by atoms with Gasteiger partial charge in [0.25, 0.3) is 0 Å². The Morgan fingerprint density at radius 3 is 2.89 bits per heavy atom. The monoisotopic (exact) mass is 252 g/mol. The molecule has 0 amide bonds. The fourth-order valence-corrected chi connectivity index (χ4v) is 2.55. The van der Waals surface area contributed by atoms with Gasteiger partial charge >= 0.3 is 0 Å². The number of nitrogens with zero attached hydrogens (tertiary/aromatic N) is 1. The molecular weight excluding hydrogens is 231 g/mol. The molecule has 0 saturated carbocycles. The maximum absolute atomic E-state index is 13.8. The zero-order valence-electron chi connectivity index (χ0n) is 10.8. The van der Waals surface area contributed by atoms with Gasteiger partial charge in [0, 0.05) is 25.2 Å². The summed E-state index contributed by atoms with van der Waals surface area (Å²) in [5.74, 6) is -0.205. The minimum atomic E-state index is -0.647. The van der Waals surface area contributed by atoms with E-state index in [2.05, 4.69) is 4.90 Å². The van der Waals surface area contributed by atoms with Crippen molar-refractivity contribution >= 4 is 0 Å². The molecule has 1 heterocycles. The minimum absolute atomic E-state index is 0.205. The molecule has 1 fully saturated rings. The topological polar surface area (TPSA) is 49.5 Å². The normalized spacial score (nSPS) is 25.3. The van der Waals surface area contributed by atoms with Crippen LogP contribution in [0.2, 0.25) is 0 Å². The third kappa shape index (κ3) is 3.28. The average Bonchev–Trinajstić information content (AvgIpc) is 2.30. The number of hydrogen-bond donors (Lipinski definition) is 2. The van der Waals surface area contributed by atoms with E-state index in [0.717, 1.165) is 24.9 Å². The second-order valence-corrected chi connectivity index (χ2v) is 5.44. The molecule has 100 valence electrons. The lowest BCUT2D eigenvalue weighted by Gasteiger charge is -2.36. The number of rotatable bonds is 3. The molecule has 1 aromatic carbocycles. The summed E-state index contributed by atoms with van der Waals surface area (Å²) in [6.45, 7) is 4.26. The smallest absolute Gasteiger partial charge is 0.128 e. The van der Waals surface area contributed by atoms with E-state index in [0.29, 0.717) is 25.2 Å². The Kier molecular flexibility index (Phi) is 4.00. The number of hydrogen-bond acceptors (Lipinski definition) is 3. The van der Waals surface area contributed by atoms with Crippen LogP contribution in [0.1, 0.15) is 30.9 Å². The predicted molar refractivity (Wildman–Crippen MR) is 69.4 cm³/mol. The molecule has 18 heavy (non-hydrogen) atoms. The van der Waals surface area contributed by atoms with Crippen LogP contribution in [0.5, 0.6) is 0 Å². The van der Waals surface area contributed by atoms with Crippen LogP contribution in [0.3, 0.4) is 0 Å². The van der Waals surface area contributed by atoms with Crippen LogP contribution in [0, 0.1) is 5.82 Å². The van der Waals surface area contributed by atoms with Gasteiger partial charge in [-0.1, -0.05) is 12.1 Å². The first kappa shape index (κ1) is 13.5. The molecule has 1 saturated heterocycles. The molecule has 4 heteroatoms. The third-order valence-corrected chi connectivity index (χ3v) is 3.50. The van der Waals surface area contributed by atoms with E-state index in [9.17, 15) is 9.50 Å². The van der Waals surface area contributed by atoms with Gasteiger partial charge in [-0.05, 0) is 37.9 Å². The van der Waals surface area contributed by atoms with E-state index in [1.54, 1.807) is 6.07 Å². The van der Waals surface area contributed by atoms with Crippen LogP contribution in [-0.4, -0.2) is 28.7 Å². The highest BCUT2D eigenvalue weighted by atomic mass is 19.1. The molecule has 0 aromatic heterocycles. The molecule has 1 aliphatic rings. The zero-order valence-corrected chi connectivity index (χ0v) is 10.8. The lowest BCUT2D eigenvalue weighted by molar-refractivity contribution is -0.0184. The van der Waals surface area contributed by atoms with Crippen molar-refractivity contribution in [2.24, 2.45) is 5.73 Å². The molecule has 1 atom stereocenters. The lowest BCUT2D eigenvalue weighted by Crippen LogP contribution is -2.45. The van der Waals surface area contributed by atoms with Gasteiger partial charge in [0.1, 0.15) is 5.82 Å². The van der Waals surface area contributed by atoms with Crippen molar-refractivity contribution in [3.63, 3.8) is 0 Å². The number of halogens is 1. The number of piperidine rings is 1. The van der Waals surface area contributed by atoms with Crippen LogP contribution in [0.25, 0.3) is 0 Å². The predicted octanol–water partition coefficient (Wildman–Crippen LogP) is 1.63. The van der Waals surface area contributed by atoms with Crippen molar-refractivity contribution in [3.05, 3.63) is 35.1 Å². The van der Waals surface area contributed by atoms with Gasteiger partial charge < -0.3 is 10.8 Å². The summed E-state index contributed by atoms with van der Waals surface area (Å²) in [7, 11) is 0. The van der Waals surface area contributed by atoms with Crippen molar-refractivity contribution < 1.29 is 9.50 Å². The number of likely N-dealkylation sites (tertiary alicyclic amines) is 1. The second kappa shape index (κ2) is 5.34. The van der Waals surface area contributed by atoms with Gasteiger partial charge in [0.2, 0.25) is 0 Å². The van der Waals surface area contributed by atoms with Crippen molar-refractivity contribution in [2.75, 3.05) is 13.1 Å². The van der Waals surface area contributed by atoms with Gasteiger partial charge in [0.05, 0.1) is 5.60 Å². The maximum atomic E-state index is 13.8. The largest absolute Gasteiger partial charge is 0.389 e. The highest BCUT2D eigenvalue weighted by Gasteiger charge is 2.28. The van der Waals surface area contributed by atoms with E-state index in [-0.39, 0.29) is 5.82 Å². The van der Waals surface area contributed by atoms with Gasteiger partial charge in [-0.2, -0.15) is 0 Å². The summed E-state index contributed by atoms with van der Waals surface area (Å²) in [6, 6.07) is 5.15. The van der Waals surface area contributed by atoms with E-state index < -0.39 is 5.60 Å². The molecule has 3 nitrogen and oxygen atoms in total. The Hall–Kier alpha value is -0.970.